The molecule has 0 spiro atoms. The number of nitrogens with one attached hydrogen (secondary N) is 1. The number of carbonyl (C=O) groups is 3. The van der Waals surface area contributed by atoms with E-state index in [-0.39, 0.29) is 36.1 Å². The van der Waals surface area contributed by atoms with Crippen molar-refractivity contribution in [1.82, 2.24) is 4.90 Å². The van der Waals surface area contributed by atoms with Gasteiger partial charge in [-0.2, -0.15) is 0 Å². The molecular weight excluding hydrogens is 512 g/mol. The molecule has 1 aliphatic rings. The lowest BCUT2D eigenvalue weighted by molar-refractivity contribution is -0.136. The highest BCUT2D eigenvalue weighted by Crippen LogP contribution is 2.33. The van der Waals surface area contributed by atoms with Gasteiger partial charge in [0, 0.05) is 11.4 Å². The molecule has 2 amide bonds. The summed E-state index contributed by atoms with van der Waals surface area (Å²) in [5.41, 5.74) is 3.17. The van der Waals surface area contributed by atoms with E-state index in [0.717, 1.165) is 5.56 Å². The minimum atomic E-state index is -0.586. The standard InChI is InChI=1S/C31H30N2O7/c1-20-29(31(36)39-4)27(30(35)33(20)18-22-7-11-24(37-2)12-8-22)17-21-5-13-26(14-6-21)40-19-28(34)32-23-9-15-25(38-3)16-10-23/h5-17H,18-19H2,1-4H3,(H,32,34)/b27-17-. The van der Waals surface area contributed by atoms with Crippen LogP contribution in [0.4, 0.5) is 5.69 Å². The second kappa shape index (κ2) is 12.7. The molecule has 0 atom stereocenters. The maximum absolute atomic E-state index is 13.4. The number of ether oxygens (including phenoxy) is 4. The number of amides is 2. The van der Waals surface area contributed by atoms with Crippen LogP contribution < -0.4 is 19.5 Å². The van der Waals surface area contributed by atoms with Crippen LogP contribution in [0.1, 0.15) is 18.1 Å². The van der Waals surface area contributed by atoms with E-state index < -0.39 is 5.97 Å². The average molecular weight is 543 g/mol. The van der Waals surface area contributed by atoms with E-state index in [1.54, 1.807) is 80.7 Å². The van der Waals surface area contributed by atoms with Gasteiger partial charge in [0.25, 0.3) is 11.8 Å². The number of nitrogens with zero attached hydrogens (tertiary/aromatic N) is 1. The summed E-state index contributed by atoms with van der Waals surface area (Å²) < 4.78 is 20.9. The highest BCUT2D eigenvalue weighted by Gasteiger charge is 2.37. The van der Waals surface area contributed by atoms with E-state index in [0.29, 0.717) is 34.2 Å². The lowest BCUT2D eigenvalue weighted by Crippen LogP contribution is -2.24. The summed E-state index contributed by atoms with van der Waals surface area (Å²) in [7, 11) is 4.45. The van der Waals surface area contributed by atoms with Gasteiger partial charge in [0.2, 0.25) is 0 Å². The number of hydrogen-bond donors (Lipinski definition) is 1. The van der Waals surface area contributed by atoms with E-state index in [4.69, 9.17) is 18.9 Å². The minimum Gasteiger partial charge on any atom is -0.497 e. The average Bonchev–Trinajstić information content (AvgIpc) is 3.21. The first-order valence-electron chi connectivity index (χ1n) is 12.5. The Hall–Kier alpha value is -5.05. The first-order valence-corrected chi connectivity index (χ1v) is 12.5. The lowest BCUT2D eigenvalue weighted by Gasteiger charge is -2.18. The Morgan fingerprint density at radius 2 is 1.40 bits per heavy atom. The van der Waals surface area contributed by atoms with E-state index in [2.05, 4.69) is 5.32 Å². The molecule has 0 saturated carbocycles. The molecule has 1 N–H and O–H groups in total. The number of rotatable bonds is 10. The number of methoxy groups -OCH3 is 3. The lowest BCUT2D eigenvalue weighted by atomic mass is 10.0. The molecule has 9 heteroatoms. The van der Waals surface area contributed by atoms with Crippen LogP contribution in [0.3, 0.4) is 0 Å². The summed E-state index contributed by atoms with van der Waals surface area (Å²) in [6.07, 6.45) is 1.65. The second-order valence-corrected chi connectivity index (χ2v) is 8.88. The molecule has 0 aliphatic carbocycles. The monoisotopic (exact) mass is 542 g/mol. The molecule has 9 nitrogen and oxygen atoms in total. The fourth-order valence-corrected chi connectivity index (χ4v) is 4.18. The van der Waals surface area contributed by atoms with Crippen LogP contribution >= 0.6 is 0 Å². The molecule has 0 unspecified atom stereocenters. The van der Waals surface area contributed by atoms with Gasteiger partial charge in [-0.3, -0.25) is 9.59 Å². The van der Waals surface area contributed by atoms with E-state index >= 15 is 0 Å². The number of benzene rings is 3. The Kier molecular flexibility index (Phi) is 8.86. The van der Waals surface area contributed by atoms with Crippen LogP contribution in [0.25, 0.3) is 6.08 Å². The molecule has 0 aromatic heterocycles. The van der Waals surface area contributed by atoms with Crippen molar-refractivity contribution in [3.05, 3.63) is 101 Å². The van der Waals surface area contributed by atoms with Gasteiger partial charge < -0.3 is 29.2 Å². The van der Waals surface area contributed by atoms with Crippen LogP contribution in [0.2, 0.25) is 0 Å². The summed E-state index contributed by atoms with van der Waals surface area (Å²) in [4.78, 5) is 39.9. The molecule has 0 radical (unpaired) electrons. The molecule has 3 aromatic rings. The molecule has 40 heavy (non-hydrogen) atoms. The Morgan fingerprint density at radius 3 is 1.98 bits per heavy atom. The highest BCUT2D eigenvalue weighted by molar-refractivity contribution is 6.16. The fourth-order valence-electron chi connectivity index (χ4n) is 4.18. The summed E-state index contributed by atoms with van der Waals surface area (Å²) in [5.74, 6) is 0.684. The van der Waals surface area contributed by atoms with Crippen molar-refractivity contribution in [2.45, 2.75) is 13.5 Å². The van der Waals surface area contributed by atoms with Crippen molar-refractivity contribution in [2.24, 2.45) is 0 Å². The van der Waals surface area contributed by atoms with Crippen LogP contribution in [0, 0.1) is 0 Å². The largest absolute Gasteiger partial charge is 0.497 e. The van der Waals surface area contributed by atoms with Gasteiger partial charge in [-0.05, 0) is 72.7 Å². The smallest absolute Gasteiger partial charge is 0.340 e. The van der Waals surface area contributed by atoms with Crippen LogP contribution in [0.15, 0.2) is 89.6 Å². The SMILES string of the molecule is COC(=O)C1=C(C)N(Cc2ccc(OC)cc2)C(=O)/C1=C\c1ccc(OCC(=O)Nc2ccc(OC)cc2)cc1. The zero-order chi connectivity index (χ0) is 28.6. The zero-order valence-electron chi connectivity index (χ0n) is 22.7. The van der Waals surface area contributed by atoms with Crippen molar-refractivity contribution in [1.29, 1.82) is 0 Å². The third kappa shape index (κ3) is 6.50. The van der Waals surface area contributed by atoms with Crippen LogP contribution in [0.5, 0.6) is 17.2 Å². The summed E-state index contributed by atoms with van der Waals surface area (Å²) in [5, 5.41) is 2.75. The molecule has 4 rings (SSSR count). The summed E-state index contributed by atoms with van der Waals surface area (Å²) in [6, 6.07) is 21.2. The molecular formula is C31H30N2O7. The number of anilines is 1. The predicted octanol–water partition coefficient (Wildman–Crippen LogP) is 4.59. The third-order valence-electron chi connectivity index (χ3n) is 6.34. The van der Waals surface area contributed by atoms with E-state index in [9.17, 15) is 14.4 Å². The second-order valence-electron chi connectivity index (χ2n) is 8.88. The molecule has 1 heterocycles. The van der Waals surface area contributed by atoms with E-state index in [1.807, 2.05) is 24.3 Å². The van der Waals surface area contributed by atoms with Gasteiger partial charge in [-0.15, -0.1) is 0 Å². The summed E-state index contributed by atoms with van der Waals surface area (Å²) >= 11 is 0. The van der Waals surface area contributed by atoms with Crippen molar-refractivity contribution >= 4 is 29.5 Å². The van der Waals surface area contributed by atoms with Crippen molar-refractivity contribution in [2.75, 3.05) is 33.3 Å². The normalized spacial score (nSPS) is 13.8. The quantitative estimate of drug-likeness (QED) is 0.295. The molecule has 1 aliphatic heterocycles. The Morgan fingerprint density at radius 1 is 0.825 bits per heavy atom. The van der Waals surface area contributed by atoms with Crippen molar-refractivity contribution in [3.8, 4) is 17.2 Å². The number of allylic oxidation sites excluding steroid dienone is 1. The molecule has 0 bridgehead atoms. The van der Waals surface area contributed by atoms with Crippen LogP contribution in [-0.4, -0.2) is 50.6 Å². The first kappa shape index (κ1) is 28.0. The maximum atomic E-state index is 13.4. The highest BCUT2D eigenvalue weighted by atomic mass is 16.5. The first-order chi connectivity index (χ1) is 19.3. The van der Waals surface area contributed by atoms with Gasteiger partial charge in [0.05, 0.1) is 39.0 Å². The number of hydrogen-bond acceptors (Lipinski definition) is 7. The molecule has 0 fully saturated rings. The van der Waals surface area contributed by atoms with Crippen molar-refractivity contribution in [3.63, 3.8) is 0 Å². The number of carbonyl (C=O) groups excluding carboxylic acids is 3. The van der Waals surface area contributed by atoms with Gasteiger partial charge in [0.1, 0.15) is 17.2 Å². The Labute approximate surface area is 232 Å². The topological polar surface area (TPSA) is 103 Å². The molecule has 3 aromatic carbocycles. The van der Waals surface area contributed by atoms with Gasteiger partial charge in [0.15, 0.2) is 6.61 Å². The molecule has 0 saturated heterocycles. The predicted molar refractivity (Wildman–Crippen MR) is 150 cm³/mol. The van der Waals surface area contributed by atoms with Gasteiger partial charge >= 0.3 is 5.97 Å². The Bertz CT molecular complexity index is 1440. The minimum absolute atomic E-state index is 0.181. The third-order valence-corrected chi connectivity index (χ3v) is 6.34. The zero-order valence-corrected chi connectivity index (χ0v) is 22.7. The molecule has 206 valence electrons. The van der Waals surface area contributed by atoms with Crippen molar-refractivity contribution < 1.29 is 33.3 Å². The maximum Gasteiger partial charge on any atom is 0.340 e. The van der Waals surface area contributed by atoms with Gasteiger partial charge in [-0.1, -0.05) is 24.3 Å². The van der Waals surface area contributed by atoms with Gasteiger partial charge in [-0.25, -0.2) is 4.79 Å². The Balaban J connectivity index is 1.44. The fraction of sp³-hybridized carbons (Fsp3) is 0.194. The van der Waals surface area contributed by atoms with E-state index in [1.165, 1.54) is 7.11 Å². The summed E-state index contributed by atoms with van der Waals surface area (Å²) in [6.45, 7) is 1.83. The number of esters is 1. The van der Waals surface area contributed by atoms with Crippen LogP contribution in [-0.2, 0) is 25.7 Å².